The predicted molar refractivity (Wildman–Crippen MR) is 67.3 cm³/mol. The number of carbonyl (C=O) groups is 1. The first-order valence-electron chi connectivity index (χ1n) is 5.92. The molecular weight excluding hydrogens is 238 g/mol. The Morgan fingerprint density at radius 1 is 1.35 bits per heavy atom. The molecule has 0 spiro atoms. The number of nitrogens with zero attached hydrogens (tertiary/aromatic N) is 1. The van der Waals surface area contributed by atoms with Gasteiger partial charge in [0.25, 0.3) is 0 Å². The van der Waals surface area contributed by atoms with Gasteiger partial charge in [-0.2, -0.15) is 0 Å². The van der Waals surface area contributed by atoms with Gasteiger partial charge < -0.3 is 9.47 Å². The van der Waals surface area contributed by atoms with Crippen molar-refractivity contribution >= 4 is 17.3 Å². The summed E-state index contributed by atoms with van der Waals surface area (Å²) in [5.41, 5.74) is 0.967. The molecule has 1 aromatic rings. The van der Waals surface area contributed by atoms with Crippen LogP contribution in [0.15, 0.2) is 5.38 Å². The number of aryl methyl sites for hydroxylation is 1. The molecule has 0 bridgehead atoms. The summed E-state index contributed by atoms with van der Waals surface area (Å²) in [6, 6.07) is 0. The van der Waals surface area contributed by atoms with Crippen LogP contribution in [-0.4, -0.2) is 30.8 Å². The molecule has 0 unspecified atom stereocenters. The molecule has 17 heavy (non-hydrogen) atoms. The van der Waals surface area contributed by atoms with Crippen molar-refractivity contribution in [3.05, 3.63) is 16.1 Å². The summed E-state index contributed by atoms with van der Waals surface area (Å²) in [6.07, 6.45) is 1.91. The number of carbonyl (C=O) groups excluding carboxylic acids is 1. The molecule has 0 aromatic carbocycles. The van der Waals surface area contributed by atoms with E-state index in [1.54, 1.807) is 11.3 Å². The topological polar surface area (TPSA) is 48.4 Å². The van der Waals surface area contributed by atoms with E-state index in [1.807, 2.05) is 19.2 Å². The van der Waals surface area contributed by atoms with E-state index in [4.69, 9.17) is 9.47 Å². The molecule has 1 heterocycles. The first kappa shape index (κ1) is 14.1. The molecule has 0 saturated carbocycles. The van der Waals surface area contributed by atoms with Crippen LogP contribution in [0.4, 0.5) is 0 Å². The summed E-state index contributed by atoms with van der Waals surface area (Å²) in [4.78, 5) is 15.6. The van der Waals surface area contributed by atoms with E-state index in [1.165, 1.54) is 0 Å². The SMILES string of the molecule is CCOCCc1nc(CCC(=O)OCC)cs1. The molecule has 0 amide bonds. The molecule has 0 fully saturated rings. The quantitative estimate of drug-likeness (QED) is 0.529. The summed E-state index contributed by atoms with van der Waals surface area (Å²) in [5, 5.41) is 3.07. The Morgan fingerprint density at radius 3 is 2.88 bits per heavy atom. The lowest BCUT2D eigenvalue weighted by Gasteiger charge is -1.99. The van der Waals surface area contributed by atoms with E-state index < -0.39 is 0 Å². The Hall–Kier alpha value is -0.940. The second-order valence-electron chi connectivity index (χ2n) is 3.48. The second-order valence-corrected chi connectivity index (χ2v) is 4.43. The van der Waals surface area contributed by atoms with Crippen LogP contribution in [0.2, 0.25) is 0 Å². The van der Waals surface area contributed by atoms with Gasteiger partial charge in [-0.3, -0.25) is 4.79 Å². The van der Waals surface area contributed by atoms with E-state index >= 15 is 0 Å². The maximum absolute atomic E-state index is 11.2. The van der Waals surface area contributed by atoms with Crippen LogP contribution in [-0.2, 0) is 27.1 Å². The fourth-order valence-corrected chi connectivity index (χ4v) is 2.16. The third kappa shape index (κ3) is 5.79. The summed E-state index contributed by atoms with van der Waals surface area (Å²) < 4.78 is 10.1. The average molecular weight is 257 g/mol. The highest BCUT2D eigenvalue weighted by atomic mass is 32.1. The van der Waals surface area contributed by atoms with Crippen LogP contribution >= 0.6 is 11.3 Å². The van der Waals surface area contributed by atoms with Crippen LogP contribution in [0.25, 0.3) is 0 Å². The highest BCUT2D eigenvalue weighted by Crippen LogP contribution is 2.12. The molecule has 1 aromatic heterocycles. The van der Waals surface area contributed by atoms with Crippen molar-refractivity contribution < 1.29 is 14.3 Å². The number of hydrogen-bond donors (Lipinski definition) is 0. The number of hydrogen-bond acceptors (Lipinski definition) is 5. The van der Waals surface area contributed by atoms with Gasteiger partial charge in [-0.25, -0.2) is 4.98 Å². The van der Waals surface area contributed by atoms with E-state index in [0.29, 0.717) is 26.1 Å². The Kier molecular flexibility index (Phi) is 6.81. The zero-order valence-electron chi connectivity index (χ0n) is 10.4. The van der Waals surface area contributed by atoms with Gasteiger partial charge in [0.15, 0.2) is 0 Å². The maximum atomic E-state index is 11.2. The van der Waals surface area contributed by atoms with Crippen LogP contribution in [0.3, 0.4) is 0 Å². The summed E-state index contributed by atoms with van der Waals surface area (Å²) in [5.74, 6) is -0.156. The molecule has 0 atom stereocenters. The molecule has 0 aliphatic carbocycles. The maximum Gasteiger partial charge on any atom is 0.306 e. The van der Waals surface area contributed by atoms with Crippen molar-refractivity contribution in [2.24, 2.45) is 0 Å². The molecule has 5 heteroatoms. The zero-order valence-corrected chi connectivity index (χ0v) is 11.2. The Bertz CT molecular complexity index is 338. The van der Waals surface area contributed by atoms with E-state index in [0.717, 1.165) is 23.7 Å². The molecule has 0 aliphatic rings. The van der Waals surface area contributed by atoms with Crippen molar-refractivity contribution in [2.45, 2.75) is 33.1 Å². The van der Waals surface area contributed by atoms with E-state index in [-0.39, 0.29) is 5.97 Å². The molecule has 1 rings (SSSR count). The first-order valence-corrected chi connectivity index (χ1v) is 6.80. The van der Waals surface area contributed by atoms with Crippen molar-refractivity contribution in [1.29, 1.82) is 0 Å². The molecule has 0 N–H and O–H groups in total. The highest BCUT2D eigenvalue weighted by Gasteiger charge is 2.06. The standard InChI is InChI=1S/C12H19NO3S/c1-3-15-8-7-11-13-10(9-17-11)5-6-12(14)16-4-2/h9H,3-8H2,1-2H3. The van der Waals surface area contributed by atoms with Crippen molar-refractivity contribution in [3.8, 4) is 0 Å². The normalized spacial score (nSPS) is 10.5. The number of thiazole rings is 1. The minimum absolute atomic E-state index is 0.156. The molecule has 0 radical (unpaired) electrons. The van der Waals surface area contributed by atoms with Gasteiger partial charge >= 0.3 is 5.97 Å². The fraction of sp³-hybridized carbons (Fsp3) is 0.667. The predicted octanol–water partition coefficient (Wildman–Crippen LogP) is 2.22. The molecular formula is C12H19NO3S. The summed E-state index contributed by atoms with van der Waals surface area (Å²) in [6.45, 7) is 5.68. The van der Waals surface area contributed by atoms with Crippen LogP contribution in [0, 0.1) is 0 Å². The highest BCUT2D eigenvalue weighted by molar-refractivity contribution is 7.09. The van der Waals surface area contributed by atoms with Gasteiger partial charge in [0.2, 0.25) is 0 Å². The second kappa shape index (κ2) is 8.20. The van der Waals surface area contributed by atoms with Gasteiger partial charge in [-0.1, -0.05) is 0 Å². The minimum atomic E-state index is -0.156. The molecule has 0 aliphatic heterocycles. The Labute approximate surface area is 106 Å². The molecule has 0 saturated heterocycles. The van der Waals surface area contributed by atoms with Crippen molar-refractivity contribution in [3.63, 3.8) is 0 Å². The van der Waals surface area contributed by atoms with Gasteiger partial charge in [0, 0.05) is 24.8 Å². The third-order valence-electron chi connectivity index (χ3n) is 2.15. The monoisotopic (exact) mass is 257 g/mol. The van der Waals surface area contributed by atoms with Crippen LogP contribution < -0.4 is 0 Å². The number of esters is 1. The van der Waals surface area contributed by atoms with Crippen molar-refractivity contribution in [1.82, 2.24) is 4.98 Å². The smallest absolute Gasteiger partial charge is 0.306 e. The molecule has 4 nitrogen and oxygen atoms in total. The van der Waals surface area contributed by atoms with Gasteiger partial charge in [0.05, 0.1) is 30.3 Å². The number of ether oxygens (including phenoxy) is 2. The largest absolute Gasteiger partial charge is 0.466 e. The lowest BCUT2D eigenvalue weighted by Crippen LogP contribution is -2.05. The van der Waals surface area contributed by atoms with E-state index in [9.17, 15) is 4.79 Å². The van der Waals surface area contributed by atoms with Crippen LogP contribution in [0.1, 0.15) is 31.0 Å². The van der Waals surface area contributed by atoms with E-state index in [2.05, 4.69) is 4.98 Å². The lowest BCUT2D eigenvalue weighted by molar-refractivity contribution is -0.143. The number of rotatable bonds is 8. The Morgan fingerprint density at radius 2 is 2.18 bits per heavy atom. The lowest BCUT2D eigenvalue weighted by atomic mass is 10.2. The number of aromatic nitrogens is 1. The van der Waals surface area contributed by atoms with Crippen LogP contribution in [0.5, 0.6) is 0 Å². The average Bonchev–Trinajstić information content (AvgIpc) is 2.75. The van der Waals surface area contributed by atoms with Gasteiger partial charge in [0.1, 0.15) is 0 Å². The Balaban J connectivity index is 2.27. The zero-order chi connectivity index (χ0) is 12.5. The first-order chi connectivity index (χ1) is 8.26. The summed E-state index contributed by atoms with van der Waals surface area (Å²) in [7, 11) is 0. The third-order valence-corrected chi connectivity index (χ3v) is 3.11. The van der Waals surface area contributed by atoms with Crippen molar-refractivity contribution in [2.75, 3.05) is 19.8 Å². The summed E-state index contributed by atoms with van der Waals surface area (Å²) >= 11 is 1.62. The molecule has 96 valence electrons. The van der Waals surface area contributed by atoms with Gasteiger partial charge in [-0.05, 0) is 13.8 Å². The minimum Gasteiger partial charge on any atom is -0.466 e. The van der Waals surface area contributed by atoms with Gasteiger partial charge in [-0.15, -0.1) is 11.3 Å². The fourth-order valence-electron chi connectivity index (χ4n) is 1.35.